The summed E-state index contributed by atoms with van der Waals surface area (Å²) in [5.41, 5.74) is 7.31. The van der Waals surface area contributed by atoms with Gasteiger partial charge in [-0.05, 0) is 12.8 Å². The van der Waals surface area contributed by atoms with Gasteiger partial charge in [0.25, 0.3) is 0 Å². The number of rotatable bonds is 2. The van der Waals surface area contributed by atoms with E-state index in [1.54, 1.807) is 12.3 Å². The van der Waals surface area contributed by atoms with Crippen molar-refractivity contribution in [3.8, 4) is 0 Å². The number of ether oxygens (including phenoxy) is 1. The van der Waals surface area contributed by atoms with Crippen molar-refractivity contribution >= 4 is 23.0 Å². The standard InChI is InChI=1S/C10H14ClN3O/c11-10-5-8(12)9(6-13-10)14-7-1-3-15-4-2-7/h5-7,14H,1-4H2,(H2,12,13). The van der Waals surface area contributed by atoms with E-state index in [-0.39, 0.29) is 0 Å². The van der Waals surface area contributed by atoms with Crippen molar-refractivity contribution in [1.82, 2.24) is 4.98 Å². The summed E-state index contributed by atoms with van der Waals surface area (Å²) in [6.07, 6.45) is 3.68. The Kier molecular flexibility index (Phi) is 3.28. The summed E-state index contributed by atoms with van der Waals surface area (Å²) in [4.78, 5) is 4.00. The van der Waals surface area contributed by atoms with Crippen LogP contribution in [0.5, 0.6) is 0 Å². The van der Waals surface area contributed by atoms with Crippen LogP contribution in [0.2, 0.25) is 5.15 Å². The quantitative estimate of drug-likeness (QED) is 0.758. The summed E-state index contributed by atoms with van der Waals surface area (Å²) in [5, 5.41) is 3.77. The molecule has 1 aliphatic rings. The van der Waals surface area contributed by atoms with E-state index in [2.05, 4.69) is 10.3 Å². The van der Waals surface area contributed by atoms with Crippen molar-refractivity contribution in [2.75, 3.05) is 24.3 Å². The third-order valence-corrected chi connectivity index (χ3v) is 2.69. The van der Waals surface area contributed by atoms with Crippen LogP contribution in [0, 0.1) is 0 Å². The molecule has 0 aliphatic carbocycles. The molecule has 3 N–H and O–H groups in total. The van der Waals surface area contributed by atoms with Crippen LogP contribution in [0.3, 0.4) is 0 Å². The van der Waals surface area contributed by atoms with E-state index in [4.69, 9.17) is 22.1 Å². The average molecular weight is 228 g/mol. The second-order valence-corrected chi connectivity index (χ2v) is 4.01. The average Bonchev–Trinajstić information content (AvgIpc) is 2.24. The van der Waals surface area contributed by atoms with Gasteiger partial charge in [-0.2, -0.15) is 0 Å². The number of aromatic nitrogens is 1. The van der Waals surface area contributed by atoms with Gasteiger partial charge in [0, 0.05) is 25.3 Å². The lowest BCUT2D eigenvalue weighted by Gasteiger charge is -2.24. The van der Waals surface area contributed by atoms with Crippen molar-refractivity contribution in [3.63, 3.8) is 0 Å². The lowest BCUT2D eigenvalue weighted by atomic mass is 10.1. The third kappa shape index (κ3) is 2.73. The lowest BCUT2D eigenvalue weighted by Crippen LogP contribution is -2.28. The molecule has 2 rings (SSSR count). The Morgan fingerprint density at radius 1 is 1.47 bits per heavy atom. The second kappa shape index (κ2) is 4.68. The minimum Gasteiger partial charge on any atom is -0.397 e. The highest BCUT2D eigenvalue weighted by molar-refractivity contribution is 6.29. The molecule has 15 heavy (non-hydrogen) atoms. The topological polar surface area (TPSA) is 60.2 Å². The molecular weight excluding hydrogens is 214 g/mol. The molecule has 2 heterocycles. The molecule has 0 atom stereocenters. The molecule has 0 radical (unpaired) electrons. The number of halogens is 1. The molecule has 1 aromatic heterocycles. The summed E-state index contributed by atoms with van der Waals surface area (Å²) < 4.78 is 5.28. The van der Waals surface area contributed by atoms with E-state index in [0.29, 0.717) is 16.9 Å². The molecule has 4 nitrogen and oxygen atoms in total. The Balaban J connectivity index is 2.03. The predicted octanol–water partition coefficient (Wildman–Crippen LogP) is 1.91. The molecular formula is C10H14ClN3O. The first-order chi connectivity index (χ1) is 7.25. The fourth-order valence-electron chi connectivity index (χ4n) is 1.63. The summed E-state index contributed by atoms with van der Waals surface area (Å²) in [5.74, 6) is 0. The zero-order valence-electron chi connectivity index (χ0n) is 8.37. The van der Waals surface area contributed by atoms with Crippen LogP contribution in [-0.2, 0) is 4.74 Å². The summed E-state index contributed by atoms with van der Waals surface area (Å²) >= 11 is 5.72. The van der Waals surface area contributed by atoms with E-state index in [1.807, 2.05) is 0 Å². The number of nitrogens with two attached hydrogens (primary N) is 1. The van der Waals surface area contributed by atoms with Gasteiger partial charge in [-0.1, -0.05) is 11.6 Å². The van der Waals surface area contributed by atoms with Gasteiger partial charge < -0.3 is 15.8 Å². The predicted molar refractivity (Wildman–Crippen MR) is 61.1 cm³/mol. The Morgan fingerprint density at radius 2 is 2.20 bits per heavy atom. The SMILES string of the molecule is Nc1cc(Cl)ncc1NC1CCOCC1. The Morgan fingerprint density at radius 3 is 2.87 bits per heavy atom. The van der Waals surface area contributed by atoms with E-state index < -0.39 is 0 Å². The largest absolute Gasteiger partial charge is 0.397 e. The van der Waals surface area contributed by atoms with Crippen LogP contribution < -0.4 is 11.1 Å². The molecule has 0 aromatic carbocycles. The number of hydrogen-bond donors (Lipinski definition) is 2. The zero-order valence-corrected chi connectivity index (χ0v) is 9.13. The number of pyridine rings is 1. The van der Waals surface area contributed by atoms with Gasteiger partial charge >= 0.3 is 0 Å². The molecule has 0 amide bonds. The Bertz CT molecular complexity index is 339. The zero-order chi connectivity index (χ0) is 10.7. The van der Waals surface area contributed by atoms with Crippen molar-refractivity contribution in [3.05, 3.63) is 17.4 Å². The highest BCUT2D eigenvalue weighted by Crippen LogP contribution is 2.22. The first kappa shape index (κ1) is 10.5. The van der Waals surface area contributed by atoms with Crippen LogP contribution in [0.4, 0.5) is 11.4 Å². The number of nitrogens with zero attached hydrogens (tertiary/aromatic N) is 1. The number of anilines is 2. The van der Waals surface area contributed by atoms with Gasteiger partial charge in [0.2, 0.25) is 0 Å². The first-order valence-electron chi connectivity index (χ1n) is 5.01. The van der Waals surface area contributed by atoms with Crippen molar-refractivity contribution in [2.24, 2.45) is 0 Å². The summed E-state index contributed by atoms with van der Waals surface area (Å²) in [6, 6.07) is 2.08. The van der Waals surface area contributed by atoms with Crippen molar-refractivity contribution < 1.29 is 4.74 Å². The van der Waals surface area contributed by atoms with E-state index >= 15 is 0 Å². The molecule has 0 saturated carbocycles. The number of hydrogen-bond acceptors (Lipinski definition) is 4. The number of nitrogens with one attached hydrogen (secondary N) is 1. The van der Waals surface area contributed by atoms with Gasteiger partial charge in [-0.3, -0.25) is 0 Å². The van der Waals surface area contributed by atoms with Gasteiger partial charge in [-0.25, -0.2) is 4.98 Å². The van der Waals surface area contributed by atoms with Crippen LogP contribution in [-0.4, -0.2) is 24.2 Å². The van der Waals surface area contributed by atoms with Crippen LogP contribution in [0.25, 0.3) is 0 Å². The highest BCUT2D eigenvalue weighted by Gasteiger charge is 2.14. The fraction of sp³-hybridized carbons (Fsp3) is 0.500. The van der Waals surface area contributed by atoms with Crippen LogP contribution in [0.1, 0.15) is 12.8 Å². The normalized spacial score (nSPS) is 17.7. The van der Waals surface area contributed by atoms with Crippen molar-refractivity contribution in [2.45, 2.75) is 18.9 Å². The molecule has 1 aliphatic heterocycles. The highest BCUT2D eigenvalue weighted by atomic mass is 35.5. The minimum absolute atomic E-state index is 0.420. The molecule has 5 heteroatoms. The second-order valence-electron chi connectivity index (χ2n) is 3.63. The lowest BCUT2D eigenvalue weighted by molar-refractivity contribution is 0.0904. The molecule has 1 saturated heterocycles. The van der Waals surface area contributed by atoms with E-state index in [9.17, 15) is 0 Å². The van der Waals surface area contributed by atoms with E-state index in [0.717, 1.165) is 31.7 Å². The molecule has 1 fully saturated rings. The van der Waals surface area contributed by atoms with Gasteiger partial charge in [0.15, 0.2) is 0 Å². The van der Waals surface area contributed by atoms with Crippen molar-refractivity contribution in [1.29, 1.82) is 0 Å². The molecule has 0 unspecified atom stereocenters. The molecule has 82 valence electrons. The third-order valence-electron chi connectivity index (χ3n) is 2.48. The fourth-order valence-corrected chi connectivity index (χ4v) is 1.79. The maximum Gasteiger partial charge on any atom is 0.131 e. The Labute approximate surface area is 93.8 Å². The van der Waals surface area contributed by atoms with Gasteiger partial charge in [0.05, 0.1) is 17.6 Å². The van der Waals surface area contributed by atoms with Gasteiger partial charge in [-0.15, -0.1) is 0 Å². The smallest absolute Gasteiger partial charge is 0.131 e. The summed E-state index contributed by atoms with van der Waals surface area (Å²) in [6.45, 7) is 1.61. The molecule has 0 spiro atoms. The van der Waals surface area contributed by atoms with E-state index in [1.165, 1.54) is 0 Å². The Hall–Kier alpha value is -1.00. The monoisotopic (exact) mass is 227 g/mol. The first-order valence-corrected chi connectivity index (χ1v) is 5.39. The minimum atomic E-state index is 0.420. The van der Waals surface area contributed by atoms with Crippen LogP contribution >= 0.6 is 11.6 Å². The van der Waals surface area contributed by atoms with Gasteiger partial charge in [0.1, 0.15) is 5.15 Å². The molecule has 1 aromatic rings. The molecule has 0 bridgehead atoms. The van der Waals surface area contributed by atoms with Crippen LogP contribution in [0.15, 0.2) is 12.3 Å². The maximum atomic E-state index is 5.82. The number of nitrogen functional groups attached to an aromatic ring is 1. The maximum absolute atomic E-state index is 5.82. The summed E-state index contributed by atoms with van der Waals surface area (Å²) in [7, 11) is 0.